The molecule has 2 aliphatic heterocycles. The maximum atomic E-state index is 13.0. The first-order chi connectivity index (χ1) is 15.1. The normalized spacial score (nSPS) is 20.9. The smallest absolute Gasteiger partial charge is 0.319 e. The first-order valence-corrected chi connectivity index (χ1v) is 10.7. The van der Waals surface area contributed by atoms with E-state index in [-0.39, 0.29) is 23.8 Å². The Morgan fingerprint density at radius 3 is 2.87 bits per heavy atom. The number of rotatable bonds is 8. The van der Waals surface area contributed by atoms with Gasteiger partial charge in [-0.25, -0.2) is 9.18 Å². The summed E-state index contributed by atoms with van der Waals surface area (Å²) in [5, 5.41) is 14.7. The fraction of sp³-hybridized carbons (Fsp3) is 0.571. The molecule has 2 saturated heterocycles. The van der Waals surface area contributed by atoms with E-state index < -0.39 is 0 Å². The molecule has 2 aliphatic rings. The number of carbonyl (C=O) groups is 1. The number of nitrogens with zero attached hydrogens (tertiary/aromatic N) is 4. The van der Waals surface area contributed by atoms with Gasteiger partial charge in [-0.3, -0.25) is 4.57 Å². The van der Waals surface area contributed by atoms with E-state index in [1.54, 1.807) is 7.11 Å². The number of anilines is 2. The van der Waals surface area contributed by atoms with Crippen molar-refractivity contribution in [3.8, 4) is 0 Å². The highest BCUT2D eigenvalue weighted by Gasteiger charge is 2.31. The molecule has 1 aromatic carbocycles. The molecule has 0 aliphatic carbocycles. The average Bonchev–Trinajstić information content (AvgIpc) is 3.50. The van der Waals surface area contributed by atoms with Crippen molar-refractivity contribution < 1.29 is 18.7 Å². The van der Waals surface area contributed by atoms with E-state index >= 15 is 0 Å². The molecule has 1 aromatic heterocycles. The summed E-state index contributed by atoms with van der Waals surface area (Å²) in [5.74, 6) is 1.73. The minimum absolute atomic E-state index is 0.0113. The van der Waals surface area contributed by atoms with Gasteiger partial charge in [0.2, 0.25) is 5.95 Å². The molecule has 9 nitrogen and oxygen atoms in total. The van der Waals surface area contributed by atoms with Crippen LogP contribution in [0.3, 0.4) is 0 Å². The molecule has 3 heterocycles. The van der Waals surface area contributed by atoms with Crippen molar-refractivity contribution in [1.29, 1.82) is 0 Å². The zero-order valence-corrected chi connectivity index (χ0v) is 17.7. The second-order valence-corrected chi connectivity index (χ2v) is 7.95. The van der Waals surface area contributed by atoms with Crippen LogP contribution in [0.15, 0.2) is 24.3 Å². The highest BCUT2D eigenvalue weighted by Crippen LogP contribution is 2.28. The molecular formula is C21H29FN6O3. The van der Waals surface area contributed by atoms with Gasteiger partial charge < -0.3 is 25.0 Å². The number of methoxy groups -OCH3 is 1. The molecule has 2 atom stereocenters. The minimum Gasteiger partial charge on any atom is -0.385 e. The summed E-state index contributed by atoms with van der Waals surface area (Å²) in [6.07, 6.45) is 2.64. The molecular weight excluding hydrogens is 403 g/mol. The molecule has 2 aromatic rings. The number of urea groups is 1. The van der Waals surface area contributed by atoms with Crippen molar-refractivity contribution in [2.75, 3.05) is 50.2 Å². The van der Waals surface area contributed by atoms with Crippen LogP contribution in [0.25, 0.3) is 0 Å². The van der Waals surface area contributed by atoms with E-state index in [9.17, 15) is 9.18 Å². The SMILES string of the molecule is COCCCn1c([C@H]2CCOC2)nnc1N1CC[C@H](NC(=O)Nc2ccc(F)cc2)C1. The van der Waals surface area contributed by atoms with Crippen LogP contribution >= 0.6 is 0 Å². The number of carbonyl (C=O) groups excluding carboxylic acids is 1. The molecule has 2 fully saturated rings. The predicted molar refractivity (Wildman–Crippen MR) is 114 cm³/mol. The van der Waals surface area contributed by atoms with E-state index in [0.717, 1.165) is 50.7 Å². The van der Waals surface area contributed by atoms with E-state index in [1.165, 1.54) is 24.3 Å². The van der Waals surface area contributed by atoms with Crippen molar-refractivity contribution >= 4 is 17.7 Å². The van der Waals surface area contributed by atoms with Gasteiger partial charge in [0.25, 0.3) is 0 Å². The Morgan fingerprint density at radius 2 is 2.13 bits per heavy atom. The van der Waals surface area contributed by atoms with E-state index in [4.69, 9.17) is 9.47 Å². The molecule has 2 N–H and O–H groups in total. The first-order valence-electron chi connectivity index (χ1n) is 10.7. The third-order valence-corrected chi connectivity index (χ3v) is 5.69. The van der Waals surface area contributed by atoms with Gasteiger partial charge >= 0.3 is 6.03 Å². The quantitative estimate of drug-likeness (QED) is 0.622. The summed E-state index contributed by atoms with van der Waals surface area (Å²) in [5.41, 5.74) is 0.551. The Morgan fingerprint density at radius 1 is 1.29 bits per heavy atom. The Balaban J connectivity index is 1.38. The van der Waals surface area contributed by atoms with Gasteiger partial charge in [-0.2, -0.15) is 0 Å². The lowest BCUT2D eigenvalue weighted by Gasteiger charge is -2.20. The Bertz CT molecular complexity index is 869. The predicted octanol–water partition coefficient (Wildman–Crippen LogP) is 2.36. The van der Waals surface area contributed by atoms with Gasteiger partial charge in [0.15, 0.2) is 0 Å². The lowest BCUT2D eigenvalue weighted by Crippen LogP contribution is -2.40. The monoisotopic (exact) mass is 432 g/mol. The summed E-state index contributed by atoms with van der Waals surface area (Å²) < 4.78 is 26.0. The topological polar surface area (TPSA) is 93.5 Å². The zero-order chi connectivity index (χ0) is 21.6. The van der Waals surface area contributed by atoms with Crippen LogP contribution < -0.4 is 15.5 Å². The van der Waals surface area contributed by atoms with E-state index in [1.807, 2.05) is 0 Å². The summed E-state index contributed by atoms with van der Waals surface area (Å²) in [6.45, 7) is 4.32. The molecule has 4 rings (SSSR count). The Labute approximate surface area is 180 Å². The number of benzene rings is 1. The summed E-state index contributed by atoms with van der Waals surface area (Å²) in [7, 11) is 1.70. The van der Waals surface area contributed by atoms with Gasteiger partial charge in [0.05, 0.1) is 6.61 Å². The van der Waals surface area contributed by atoms with Gasteiger partial charge in [0, 0.05) is 57.6 Å². The fourth-order valence-electron chi connectivity index (χ4n) is 4.11. The van der Waals surface area contributed by atoms with Crippen molar-refractivity contribution in [2.45, 2.75) is 37.8 Å². The molecule has 168 valence electrons. The van der Waals surface area contributed by atoms with Crippen LogP contribution in [-0.2, 0) is 16.0 Å². The van der Waals surface area contributed by atoms with Gasteiger partial charge in [-0.15, -0.1) is 10.2 Å². The first kappa shape index (κ1) is 21.5. The summed E-state index contributed by atoms with van der Waals surface area (Å²) in [6, 6.07) is 5.39. The van der Waals surface area contributed by atoms with Gasteiger partial charge in [-0.1, -0.05) is 0 Å². The number of aromatic nitrogens is 3. The van der Waals surface area contributed by atoms with Crippen LogP contribution in [-0.4, -0.2) is 66.9 Å². The van der Waals surface area contributed by atoms with E-state index in [0.29, 0.717) is 25.4 Å². The van der Waals surface area contributed by atoms with E-state index in [2.05, 4.69) is 30.3 Å². The Kier molecular flexibility index (Phi) is 6.98. The van der Waals surface area contributed by atoms with Crippen LogP contribution in [0.4, 0.5) is 20.8 Å². The summed E-state index contributed by atoms with van der Waals surface area (Å²) >= 11 is 0. The highest BCUT2D eigenvalue weighted by molar-refractivity contribution is 5.89. The van der Waals surface area contributed by atoms with Crippen molar-refractivity contribution in [3.05, 3.63) is 35.9 Å². The average molecular weight is 433 g/mol. The second-order valence-electron chi connectivity index (χ2n) is 7.95. The lowest BCUT2D eigenvalue weighted by molar-refractivity contribution is 0.187. The molecule has 31 heavy (non-hydrogen) atoms. The van der Waals surface area contributed by atoms with Gasteiger partial charge in [0.1, 0.15) is 11.6 Å². The largest absolute Gasteiger partial charge is 0.385 e. The van der Waals surface area contributed by atoms with Crippen molar-refractivity contribution in [1.82, 2.24) is 20.1 Å². The number of ether oxygens (including phenoxy) is 2. The van der Waals surface area contributed by atoms with Crippen LogP contribution in [0.2, 0.25) is 0 Å². The second kappa shape index (κ2) is 10.1. The fourth-order valence-corrected chi connectivity index (χ4v) is 4.11. The number of hydrogen-bond acceptors (Lipinski definition) is 6. The number of halogens is 1. The molecule has 10 heteroatoms. The molecule has 2 amide bonds. The van der Waals surface area contributed by atoms with Crippen LogP contribution in [0.1, 0.15) is 31.0 Å². The molecule has 0 saturated carbocycles. The molecule has 0 spiro atoms. The zero-order valence-electron chi connectivity index (χ0n) is 17.7. The maximum absolute atomic E-state index is 13.0. The van der Waals surface area contributed by atoms with Crippen molar-refractivity contribution in [2.24, 2.45) is 0 Å². The third-order valence-electron chi connectivity index (χ3n) is 5.69. The van der Waals surface area contributed by atoms with Crippen LogP contribution in [0, 0.1) is 5.82 Å². The molecule has 0 bridgehead atoms. The maximum Gasteiger partial charge on any atom is 0.319 e. The molecule has 0 unspecified atom stereocenters. The number of amides is 2. The minimum atomic E-state index is -0.337. The standard InChI is InChI=1S/C21H29FN6O3/c1-30-11-2-9-28-19(15-8-12-31-14-15)25-26-21(28)27-10-7-18(13-27)24-20(29)23-17-5-3-16(22)4-6-17/h3-6,15,18H,2,7-14H2,1H3,(H2,23,24,29)/t15-,18-/m0/s1. The van der Waals surface area contributed by atoms with Crippen molar-refractivity contribution in [3.63, 3.8) is 0 Å². The van der Waals surface area contributed by atoms with Gasteiger partial charge in [-0.05, 0) is 43.5 Å². The molecule has 0 radical (unpaired) electrons. The third kappa shape index (κ3) is 5.31. The number of nitrogens with one attached hydrogen (secondary N) is 2. The lowest BCUT2D eigenvalue weighted by atomic mass is 10.1. The van der Waals surface area contributed by atoms with Crippen LogP contribution in [0.5, 0.6) is 0 Å². The highest BCUT2D eigenvalue weighted by atomic mass is 19.1. The Hall–Kier alpha value is -2.72. The number of hydrogen-bond donors (Lipinski definition) is 2. The summed E-state index contributed by atoms with van der Waals surface area (Å²) in [4.78, 5) is 14.5.